The predicted octanol–water partition coefficient (Wildman–Crippen LogP) is 5.87. The van der Waals surface area contributed by atoms with Gasteiger partial charge in [-0.05, 0) is 65.8 Å². The lowest BCUT2D eigenvalue weighted by Crippen LogP contribution is -2.38. The summed E-state index contributed by atoms with van der Waals surface area (Å²) in [6, 6.07) is 26.7. The van der Waals surface area contributed by atoms with Crippen LogP contribution in [0.4, 0.5) is 4.79 Å². The normalized spacial score (nSPS) is 23.3. The first kappa shape index (κ1) is 28.4. The number of methoxy groups -OCH3 is 1. The van der Waals surface area contributed by atoms with Crippen LogP contribution in [0, 0.1) is 17.8 Å². The van der Waals surface area contributed by atoms with Crippen LogP contribution in [0.1, 0.15) is 30.4 Å². The summed E-state index contributed by atoms with van der Waals surface area (Å²) in [5.74, 6) is -1.85. The van der Waals surface area contributed by atoms with E-state index in [0.29, 0.717) is 29.9 Å². The zero-order valence-electron chi connectivity index (χ0n) is 23.8. The van der Waals surface area contributed by atoms with Gasteiger partial charge in [-0.3, -0.25) is 9.59 Å². The molecular formula is C35H33NO7. The zero-order chi connectivity index (χ0) is 29.9. The molecule has 0 radical (unpaired) electrons. The Kier molecular flexibility index (Phi) is 8.11. The molecule has 8 nitrogen and oxygen atoms in total. The summed E-state index contributed by atoms with van der Waals surface area (Å²) < 4.78 is 17.3. The van der Waals surface area contributed by atoms with Crippen LogP contribution in [0.15, 0.2) is 96.1 Å². The molecule has 0 saturated carbocycles. The van der Waals surface area contributed by atoms with Crippen molar-refractivity contribution in [1.82, 2.24) is 4.90 Å². The van der Waals surface area contributed by atoms with E-state index in [2.05, 4.69) is 0 Å². The Morgan fingerprint density at radius 1 is 0.953 bits per heavy atom. The maximum atomic E-state index is 13.4. The number of carbonyl (C=O) groups excluding carboxylic acids is 3. The Morgan fingerprint density at radius 3 is 2.37 bits per heavy atom. The van der Waals surface area contributed by atoms with Crippen LogP contribution in [0.2, 0.25) is 0 Å². The van der Waals surface area contributed by atoms with Crippen molar-refractivity contribution >= 4 is 29.6 Å². The van der Waals surface area contributed by atoms with Gasteiger partial charge in [0.15, 0.2) is 0 Å². The minimum atomic E-state index is -0.953. The second-order valence-electron chi connectivity index (χ2n) is 11.0. The second kappa shape index (κ2) is 12.3. The molecule has 1 aliphatic carbocycles. The summed E-state index contributed by atoms with van der Waals surface area (Å²) in [6.07, 6.45) is 2.31. The number of amides is 3. The van der Waals surface area contributed by atoms with E-state index < -0.39 is 29.7 Å². The van der Waals surface area contributed by atoms with Crippen molar-refractivity contribution in [3.05, 3.63) is 107 Å². The van der Waals surface area contributed by atoms with Gasteiger partial charge >= 0.3 is 6.09 Å². The Bertz CT molecular complexity index is 1580. The van der Waals surface area contributed by atoms with Crippen LogP contribution in [0.3, 0.4) is 0 Å². The number of para-hydroxylation sites is 2. The van der Waals surface area contributed by atoms with E-state index in [0.717, 1.165) is 35.0 Å². The van der Waals surface area contributed by atoms with E-state index in [9.17, 15) is 19.5 Å². The fourth-order valence-corrected chi connectivity index (χ4v) is 6.60. The van der Waals surface area contributed by atoms with Crippen LogP contribution < -0.4 is 4.74 Å². The third kappa shape index (κ3) is 5.58. The summed E-state index contributed by atoms with van der Waals surface area (Å²) >= 11 is 0. The number of benzene rings is 3. The number of phenolic OH excluding ortho intramolecular Hbond substituents is 1. The Morgan fingerprint density at radius 2 is 1.65 bits per heavy atom. The number of fused-ring (bicyclic) bond motifs is 3. The maximum absolute atomic E-state index is 13.4. The van der Waals surface area contributed by atoms with Crippen molar-refractivity contribution in [2.45, 2.75) is 25.4 Å². The van der Waals surface area contributed by atoms with Crippen LogP contribution >= 0.6 is 0 Å². The molecule has 3 aromatic carbocycles. The van der Waals surface area contributed by atoms with Gasteiger partial charge < -0.3 is 19.3 Å². The van der Waals surface area contributed by atoms with Gasteiger partial charge in [-0.25, -0.2) is 4.79 Å². The SMILES string of the molecule is COC(=O)N1C(=O)[C@@H]2[C@@H](CC(COc3ccccc3)=C3[C@@H](CC/C(=C/c4ccccc4O)c4ccccc4)OC[C@@H]32)C1=O. The number of carbonyl (C=O) groups is 3. The molecule has 6 rings (SSSR count). The molecule has 8 heteroatoms. The number of ether oxygens (including phenoxy) is 3. The van der Waals surface area contributed by atoms with Crippen LogP contribution in [-0.4, -0.2) is 54.3 Å². The van der Waals surface area contributed by atoms with Crippen molar-refractivity contribution in [3.63, 3.8) is 0 Å². The molecule has 2 heterocycles. The summed E-state index contributed by atoms with van der Waals surface area (Å²) in [5.41, 5.74) is 4.71. The number of hydrogen-bond donors (Lipinski definition) is 1. The van der Waals surface area contributed by atoms with Gasteiger partial charge in [0.2, 0.25) is 11.8 Å². The summed E-state index contributed by atoms with van der Waals surface area (Å²) in [4.78, 5) is 39.8. The number of nitrogens with zero attached hydrogens (tertiary/aromatic N) is 1. The quantitative estimate of drug-likeness (QED) is 0.202. The van der Waals surface area contributed by atoms with E-state index in [1.807, 2.05) is 78.9 Å². The molecule has 43 heavy (non-hydrogen) atoms. The smallest absolute Gasteiger partial charge is 0.423 e. The topological polar surface area (TPSA) is 102 Å². The summed E-state index contributed by atoms with van der Waals surface area (Å²) in [6.45, 7) is 0.520. The van der Waals surface area contributed by atoms with Crippen molar-refractivity contribution in [3.8, 4) is 11.5 Å². The largest absolute Gasteiger partial charge is 0.507 e. The second-order valence-corrected chi connectivity index (χ2v) is 11.0. The van der Waals surface area contributed by atoms with Gasteiger partial charge in [-0.15, -0.1) is 0 Å². The summed E-state index contributed by atoms with van der Waals surface area (Å²) in [7, 11) is 1.16. The minimum absolute atomic E-state index is 0.203. The Hall–Kier alpha value is -4.69. The minimum Gasteiger partial charge on any atom is -0.507 e. The van der Waals surface area contributed by atoms with E-state index in [4.69, 9.17) is 14.2 Å². The highest BCUT2D eigenvalue weighted by molar-refractivity contribution is 6.16. The van der Waals surface area contributed by atoms with E-state index in [-0.39, 0.29) is 31.0 Å². The number of allylic oxidation sites excluding steroid dienone is 1. The van der Waals surface area contributed by atoms with Crippen molar-refractivity contribution in [2.75, 3.05) is 20.3 Å². The lowest BCUT2D eigenvalue weighted by Gasteiger charge is -2.31. The molecular weight excluding hydrogens is 546 g/mol. The zero-order valence-corrected chi connectivity index (χ0v) is 23.8. The van der Waals surface area contributed by atoms with Gasteiger partial charge in [0.05, 0.1) is 31.7 Å². The average Bonchev–Trinajstić information content (AvgIpc) is 3.57. The predicted molar refractivity (Wildman–Crippen MR) is 160 cm³/mol. The van der Waals surface area contributed by atoms with Crippen LogP contribution in [0.25, 0.3) is 11.6 Å². The molecule has 2 fully saturated rings. The molecule has 4 atom stereocenters. The van der Waals surface area contributed by atoms with Crippen molar-refractivity contribution < 1.29 is 33.7 Å². The van der Waals surface area contributed by atoms with Gasteiger partial charge in [0.1, 0.15) is 18.1 Å². The lowest BCUT2D eigenvalue weighted by molar-refractivity contribution is -0.137. The molecule has 2 saturated heterocycles. The third-order valence-corrected chi connectivity index (χ3v) is 8.61. The number of hydrogen-bond acceptors (Lipinski definition) is 7. The lowest BCUT2D eigenvalue weighted by atomic mass is 9.69. The van der Waals surface area contributed by atoms with Gasteiger partial charge in [0, 0.05) is 11.5 Å². The number of imide groups is 3. The number of aromatic hydroxyl groups is 1. The number of likely N-dealkylation sites (tertiary alicyclic amines) is 1. The molecule has 3 aliphatic rings. The fourth-order valence-electron chi connectivity index (χ4n) is 6.60. The molecule has 0 bridgehead atoms. The Balaban J connectivity index is 1.31. The molecule has 0 aromatic heterocycles. The average molecular weight is 580 g/mol. The maximum Gasteiger partial charge on any atom is 0.423 e. The van der Waals surface area contributed by atoms with Gasteiger partial charge in [-0.1, -0.05) is 66.7 Å². The highest BCUT2D eigenvalue weighted by Gasteiger charge is 2.59. The summed E-state index contributed by atoms with van der Waals surface area (Å²) in [5, 5.41) is 10.5. The highest BCUT2D eigenvalue weighted by Crippen LogP contribution is 2.50. The van der Waals surface area contributed by atoms with E-state index >= 15 is 0 Å². The standard InChI is InChI=1S/C35H33NO7/c1-41-35(40)36-33(38)27-19-25(20-42-26-13-6-3-7-14-26)31-28(32(27)34(36)39)21-43-30(31)17-16-23(22-10-4-2-5-11-22)18-24-12-8-9-15-29(24)37/h2-15,18,27-28,30,32,37H,16-17,19-21H2,1H3/b23-18-/t27-,28+,30-,32-/m1/s1. The molecule has 220 valence electrons. The van der Waals surface area contributed by atoms with E-state index in [1.54, 1.807) is 12.1 Å². The van der Waals surface area contributed by atoms with Gasteiger partial charge in [0.25, 0.3) is 0 Å². The number of rotatable bonds is 8. The molecule has 0 spiro atoms. The fraction of sp³-hybridized carbons (Fsp3) is 0.286. The molecule has 3 aromatic rings. The van der Waals surface area contributed by atoms with Crippen molar-refractivity contribution in [2.24, 2.45) is 17.8 Å². The Labute approximate surface area is 250 Å². The molecule has 0 unspecified atom stereocenters. The molecule has 1 N–H and O–H groups in total. The first-order valence-electron chi connectivity index (χ1n) is 14.5. The first-order chi connectivity index (χ1) is 21.0. The van der Waals surface area contributed by atoms with Crippen LogP contribution in [-0.2, 0) is 19.1 Å². The van der Waals surface area contributed by atoms with Crippen LogP contribution in [0.5, 0.6) is 11.5 Å². The number of phenols is 1. The molecule has 2 aliphatic heterocycles. The van der Waals surface area contributed by atoms with E-state index in [1.165, 1.54) is 0 Å². The van der Waals surface area contributed by atoms with Crippen molar-refractivity contribution in [1.29, 1.82) is 0 Å². The highest BCUT2D eigenvalue weighted by atomic mass is 16.5. The monoisotopic (exact) mass is 579 g/mol. The first-order valence-corrected chi connectivity index (χ1v) is 14.5. The molecule has 3 amide bonds. The third-order valence-electron chi connectivity index (χ3n) is 8.61. The van der Waals surface area contributed by atoms with Gasteiger partial charge in [-0.2, -0.15) is 4.90 Å².